The molecule has 0 unspecified atom stereocenters. The maximum atomic E-state index is 14.2. The van der Waals surface area contributed by atoms with Crippen LogP contribution in [0.3, 0.4) is 0 Å². The average molecular weight is 440 g/mol. The molecule has 0 radical (unpaired) electrons. The fourth-order valence-electron chi connectivity index (χ4n) is 2.74. The zero-order chi connectivity index (χ0) is 22.2. The van der Waals surface area contributed by atoms with Crippen molar-refractivity contribution >= 4 is 45.7 Å². The van der Waals surface area contributed by atoms with Gasteiger partial charge in [-0.1, -0.05) is 31.2 Å². The second-order valence-corrected chi connectivity index (χ2v) is 7.36. The molecule has 0 saturated heterocycles. The minimum absolute atomic E-state index is 0.126. The number of ether oxygens (including phenoxy) is 1. The van der Waals surface area contributed by atoms with Gasteiger partial charge in [0.15, 0.2) is 5.13 Å². The number of thiazole rings is 1. The Labute approximate surface area is 184 Å². The second-order valence-electron chi connectivity index (χ2n) is 6.53. The number of nitrogens with zero attached hydrogens (tertiary/aromatic N) is 2. The first-order chi connectivity index (χ1) is 15.0. The van der Waals surface area contributed by atoms with E-state index in [0.29, 0.717) is 28.9 Å². The number of benzene rings is 2. The maximum Gasteiger partial charge on any atom is 0.248 e. The van der Waals surface area contributed by atoms with Crippen molar-refractivity contribution in [3.63, 3.8) is 0 Å². The topological polar surface area (TPSA) is 71.5 Å². The lowest BCUT2D eigenvalue weighted by Gasteiger charge is -2.18. The van der Waals surface area contributed by atoms with Crippen molar-refractivity contribution in [2.75, 3.05) is 16.8 Å². The molecule has 0 saturated carbocycles. The number of anilines is 3. The van der Waals surface area contributed by atoms with Crippen LogP contribution in [0, 0.1) is 5.82 Å². The van der Waals surface area contributed by atoms with E-state index in [1.807, 2.05) is 19.1 Å². The Bertz CT molecular complexity index is 1100. The number of carbonyl (C=O) groups excluding carboxylic acids is 2. The van der Waals surface area contributed by atoms with Crippen molar-refractivity contribution in [2.24, 2.45) is 0 Å². The van der Waals surface area contributed by atoms with Gasteiger partial charge in [-0.3, -0.25) is 14.5 Å². The van der Waals surface area contributed by atoms with Crippen LogP contribution in [-0.2, 0) is 9.59 Å². The third kappa shape index (κ3) is 5.76. The molecule has 3 rings (SSSR count). The van der Waals surface area contributed by atoms with Gasteiger partial charge >= 0.3 is 0 Å². The highest BCUT2D eigenvalue weighted by Crippen LogP contribution is 2.31. The van der Waals surface area contributed by atoms with E-state index in [-0.39, 0.29) is 17.5 Å². The van der Waals surface area contributed by atoms with E-state index in [1.54, 1.807) is 29.6 Å². The standard InChI is InChI=1S/C23H22FN3O3S/c1-3-14-30-21-11-7-5-9-19(21)26-22(29)13-12-17-15-31-23(25-17)27(16(2)28)20-10-6-4-8-18(20)24/h4-13,15H,3,14H2,1-2H3,(H,26,29)/b13-12+. The highest BCUT2D eigenvalue weighted by atomic mass is 32.1. The Hall–Kier alpha value is -3.52. The van der Waals surface area contributed by atoms with E-state index in [4.69, 9.17) is 4.74 Å². The Balaban J connectivity index is 1.73. The zero-order valence-corrected chi connectivity index (χ0v) is 18.0. The van der Waals surface area contributed by atoms with Crippen molar-refractivity contribution in [3.05, 3.63) is 71.5 Å². The first-order valence-electron chi connectivity index (χ1n) is 9.71. The number of nitrogens with one attached hydrogen (secondary N) is 1. The molecule has 0 spiro atoms. The van der Waals surface area contributed by atoms with Crippen molar-refractivity contribution in [1.29, 1.82) is 0 Å². The summed E-state index contributed by atoms with van der Waals surface area (Å²) in [6.07, 6.45) is 3.74. The van der Waals surface area contributed by atoms with Crippen LogP contribution < -0.4 is 15.0 Å². The van der Waals surface area contributed by atoms with Crippen LogP contribution in [0.15, 0.2) is 60.0 Å². The largest absolute Gasteiger partial charge is 0.491 e. The van der Waals surface area contributed by atoms with Crippen molar-refractivity contribution in [3.8, 4) is 5.75 Å². The van der Waals surface area contributed by atoms with Gasteiger partial charge in [0, 0.05) is 18.4 Å². The summed E-state index contributed by atoms with van der Waals surface area (Å²) in [6, 6.07) is 13.2. The van der Waals surface area contributed by atoms with E-state index in [1.165, 1.54) is 47.4 Å². The van der Waals surface area contributed by atoms with Crippen molar-refractivity contribution in [1.82, 2.24) is 4.98 Å². The molecule has 0 fully saturated rings. The van der Waals surface area contributed by atoms with Crippen LogP contribution in [0.5, 0.6) is 5.75 Å². The van der Waals surface area contributed by atoms with Gasteiger partial charge in [0.2, 0.25) is 11.8 Å². The highest BCUT2D eigenvalue weighted by Gasteiger charge is 2.20. The summed E-state index contributed by atoms with van der Waals surface area (Å²) < 4.78 is 19.8. The van der Waals surface area contributed by atoms with Gasteiger partial charge in [0.25, 0.3) is 0 Å². The molecule has 2 aromatic carbocycles. The molecule has 6 nitrogen and oxygen atoms in total. The Morgan fingerprint density at radius 1 is 1.19 bits per heavy atom. The minimum atomic E-state index is -0.520. The first kappa shape index (κ1) is 22.2. The zero-order valence-electron chi connectivity index (χ0n) is 17.2. The summed E-state index contributed by atoms with van der Waals surface area (Å²) in [5.41, 5.74) is 1.18. The van der Waals surface area contributed by atoms with Gasteiger partial charge in [0.1, 0.15) is 11.6 Å². The summed E-state index contributed by atoms with van der Waals surface area (Å²) in [5, 5.41) is 4.79. The molecule has 0 atom stereocenters. The number of carbonyl (C=O) groups is 2. The van der Waals surface area contributed by atoms with Crippen LogP contribution in [0.1, 0.15) is 26.0 Å². The molecule has 3 aromatic rings. The van der Waals surface area contributed by atoms with Gasteiger partial charge in [-0.05, 0) is 36.8 Å². The van der Waals surface area contributed by atoms with Crippen LogP contribution >= 0.6 is 11.3 Å². The molecule has 2 amide bonds. The van der Waals surface area contributed by atoms with Crippen LogP contribution in [0.4, 0.5) is 20.9 Å². The van der Waals surface area contributed by atoms with E-state index in [0.717, 1.165) is 6.42 Å². The Kier molecular flexibility index (Phi) is 7.50. The van der Waals surface area contributed by atoms with E-state index in [2.05, 4.69) is 10.3 Å². The minimum Gasteiger partial charge on any atom is -0.491 e. The normalized spacial score (nSPS) is 10.8. The fourth-order valence-corrected chi connectivity index (χ4v) is 3.59. The monoisotopic (exact) mass is 439 g/mol. The van der Waals surface area contributed by atoms with Gasteiger partial charge in [-0.2, -0.15) is 0 Å². The number of para-hydroxylation sites is 3. The fraction of sp³-hybridized carbons (Fsp3) is 0.174. The van der Waals surface area contributed by atoms with E-state index < -0.39 is 5.82 Å². The number of rotatable bonds is 8. The van der Waals surface area contributed by atoms with Crippen molar-refractivity contribution < 1.29 is 18.7 Å². The first-order valence-corrected chi connectivity index (χ1v) is 10.6. The second kappa shape index (κ2) is 10.5. The Morgan fingerprint density at radius 3 is 2.68 bits per heavy atom. The summed E-state index contributed by atoms with van der Waals surface area (Å²) >= 11 is 1.18. The van der Waals surface area contributed by atoms with Crippen molar-refractivity contribution in [2.45, 2.75) is 20.3 Å². The smallest absolute Gasteiger partial charge is 0.248 e. The third-order valence-electron chi connectivity index (χ3n) is 4.12. The average Bonchev–Trinajstić information content (AvgIpc) is 3.21. The lowest BCUT2D eigenvalue weighted by molar-refractivity contribution is -0.116. The van der Waals surface area contributed by atoms with E-state index >= 15 is 0 Å². The third-order valence-corrected chi connectivity index (χ3v) is 4.97. The maximum absolute atomic E-state index is 14.2. The highest BCUT2D eigenvalue weighted by molar-refractivity contribution is 7.14. The summed E-state index contributed by atoms with van der Waals surface area (Å²) in [5.74, 6) is -0.631. The molecule has 160 valence electrons. The number of hydrogen-bond acceptors (Lipinski definition) is 5. The molecule has 1 aromatic heterocycles. The summed E-state index contributed by atoms with van der Waals surface area (Å²) in [6.45, 7) is 3.90. The molecule has 0 aliphatic carbocycles. The molecular weight excluding hydrogens is 417 g/mol. The lowest BCUT2D eigenvalue weighted by atomic mass is 10.3. The van der Waals surface area contributed by atoms with Crippen LogP contribution in [0.25, 0.3) is 6.08 Å². The van der Waals surface area contributed by atoms with E-state index in [9.17, 15) is 14.0 Å². The van der Waals surface area contributed by atoms with Gasteiger partial charge < -0.3 is 10.1 Å². The number of hydrogen-bond donors (Lipinski definition) is 1. The molecule has 0 aliphatic rings. The predicted octanol–water partition coefficient (Wildman–Crippen LogP) is 5.41. The molecule has 31 heavy (non-hydrogen) atoms. The summed E-state index contributed by atoms with van der Waals surface area (Å²) in [7, 11) is 0. The molecule has 8 heteroatoms. The molecular formula is C23H22FN3O3S. The molecule has 0 aliphatic heterocycles. The van der Waals surface area contributed by atoms with Gasteiger partial charge in [-0.25, -0.2) is 9.37 Å². The van der Waals surface area contributed by atoms with Gasteiger partial charge in [-0.15, -0.1) is 11.3 Å². The number of halogens is 1. The van der Waals surface area contributed by atoms with Crippen LogP contribution in [0.2, 0.25) is 0 Å². The summed E-state index contributed by atoms with van der Waals surface area (Å²) in [4.78, 5) is 30.0. The molecule has 1 N–H and O–H groups in total. The number of amides is 2. The Morgan fingerprint density at radius 2 is 1.94 bits per heavy atom. The number of aromatic nitrogens is 1. The molecule has 1 heterocycles. The SMILES string of the molecule is CCCOc1ccccc1NC(=O)/C=C/c1csc(N(C(C)=O)c2ccccc2F)n1. The quantitative estimate of drug-likeness (QED) is 0.477. The predicted molar refractivity (Wildman–Crippen MR) is 121 cm³/mol. The van der Waals surface area contributed by atoms with Crippen LogP contribution in [-0.4, -0.2) is 23.4 Å². The molecule has 0 bridgehead atoms. The van der Waals surface area contributed by atoms with Gasteiger partial charge in [0.05, 0.1) is 23.7 Å². The lowest BCUT2D eigenvalue weighted by Crippen LogP contribution is -2.23.